The maximum atomic E-state index is 14.8. The minimum atomic E-state index is -5.08. The summed E-state index contributed by atoms with van der Waals surface area (Å²) >= 11 is 4.35. The number of primary amides is 1. The van der Waals surface area contributed by atoms with Crippen LogP contribution in [0.4, 0.5) is 18.0 Å². The number of carbonyl (C=O) groups is 19. The molecule has 45 nitrogen and oxygen atoms in total. The number of aliphatic carboxylic acids is 2. The Hall–Kier alpha value is -11.2. The highest BCUT2D eigenvalue weighted by Gasteiger charge is 2.44. The number of aliphatic hydroxyl groups excluding tert-OH is 1. The maximum Gasteiger partial charge on any atom is 0.490 e. The van der Waals surface area contributed by atoms with Crippen LogP contribution in [0.1, 0.15) is 157 Å². The number of carboxylic acids is 2. The zero-order valence-corrected chi connectivity index (χ0v) is 78.2. The van der Waals surface area contributed by atoms with E-state index in [1.54, 1.807) is 79.7 Å². The average Bonchev–Trinajstić information content (AvgIpc) is 1.66. The summed E-state index contributed by atoms with van der Waals surface area (Å²) in [6.45, 7) is 9.89. The second kappa shape index (κ2) is 61.5. The van der Waals surface area contributed by atoms with E-state index in [4.69, 9.17) is 32.8 Å². The van der Waals surface area contributed by atoms with Crippen LogP contribution in [-0.2, 0) is 92.7 Å². The van der Waals surface area contributed by atoms with Crippen molar-refractivity contribution in [3.63, 3.8) is 0 Å². The van der Waals surface area contributed by atoms with Crippen LogP contribution in [0.15, 0.2) is 29.3 Å². The van der Waals surface area contributed by atoms with Crippen LogP contribution >= 0.6 is 35.3 Å². The Bertz CT molecular complexity index is 4050. The number of rotatable bonds is 61. The van der Waals surface area contributed by atoms with Crippen LogP contribution in [0.3, 0.4) is 0 Å². The number of nitrogens with two attached hydrogens (primary N) is 4. The van der Waals surface area contributed by atoms with E-state index in [1.165, 1.54) is 47.8 Å². The van der Waals surface area contributed by atoms with Gasteiger partial charge < -0.3 is 134 Å². The number of phenolic OH excluding ortho intramolecular Hbond substituents is 1. The second-order valence-corrected chi connectivity index (χ2v) is 35.7. The van der Waals surface area contributed by atoms with E-state index < -0.39 is 237 Å². The lowest BCUT2D eigenvalue weighted by Gasteiger charge is -2.30. The number of hydrogen-bond acceptors (Lipinski definition) is 26. The molecule has 744 valence electrons. The van der Waals surface area contributed by atoms with Gasteiger partial charge in [0.15, 0.2) is 5.96 Å². The third-order valence-electron chi connectivity index (χ3n) is 20.5. The van der Waals surface area contributed by atoms with Gasteiger partial charge in [0.2, 0.25) is 94.5 Å². The lowest BCUT2D eigenvalue weighted by molar-refractivity contribution is -0.192. The van der Waals surface area contributed by atoms with Gasteiger partial charge in [-0.3, -0.25) is 81.7 Å². The van der Waals surface area contributed by atoms with E-state index in [1.807, 2.05) is 0 Å². The Kier molecular flexibility index (Phi) is 54.4. The van der Waals surface area contributed by atoms with Crippen molar-refractivity contribution >= 4 is 154 Å². The van der Waals surface area contributed by atoms with Gasteiger partial charge in [0.25, 0.3) is 0 Å². The van der Waals surface area contributed by atoms with Gasteiger partial charge in [-0.2, -0.15) is 48.5 Å². The number of amides is 18. The van der Waals surface area contributed by atoms with Crippen LogP contribution in [-0.4, -0.2) is 304 Å². The van der Waals surface area contributed by atoms with Gasteiger partial charge in [0.05, 0.1) is 44.9 Å². The fraction of sp³-hybridized carbons (Fsp3) is 0.679. The van der Waals surface area contributed by atoms with Gasteiger partial charge in [-0.25, -0.2) is 14.4 Å². The summed E-state index contributed by atoms with van der Waals surface area (Å²) in [5.74, 6) is -19.1. The van der Waals surface area contributed by atoms with Gasteiger partial charge in [0.1, 0.15) is 72.2 Å². The summed E-state index contributed by atoms with van der Waals surface area (Å²) in [6, 6.07) is -10.3. The quantitative estimate of drug-likeness (QED) is 0.0127. The number of carbonyl (C=O) groups excluding carboxylic acids is 17. The second-order valence-electron chi connectivity index (χ2n) is 32.5. The molecular weight excluding hydrogens is 1800 g/mol. The van der Waals surface area contributed by atoms with Gasteiger partial charge in [-0.1, -0.05) is 80.4 Å². The molecule has 29 N–H and O–H groups in total. The molecule has 2 saturated heterocycles. The number of urea groups is 1. The minimum Gasteiger partial charge on any atom is -0.508 e. The molecule has 1 aromatic rings. The molecule has 2 aliphatic heterocycles. The summed E-state index contributed by atoms with van der Waals surface area (Å²) in [5.41, 5.74) is 23.1. The molecular formula is C81H133F3N22O23S3. The standard InChI is InChI=1S/C79H132N22O21S3.C2HF3O2/c1-11-44(8)65(76(119)96-53(34-45-21-23-46(103)24-22-45)73(116)95-52(33-41(2)3)74(117)99-64(43(6)7)77(120)121)100-71(114)48(18-16-30-84-78(82)83)94-75(118)63(42(4)5)98-72(115)49(25-26-57(81)104)92-70(113)51(28-32-124-10)93-68(111)47(17-14-15-29-80)91-69(112)50(27-31-123-9)89-62(109)38-88-67(110)54(39-102)90-61(108)37-87-60(107)36-86-59(106)35-85-58(105)20-13-12-19-56-66-55(40-125-56)97-79(122)101-66;3-2(4,5)1(6)7/h21-24,41-44,47-56,63-66,102-103H,11-20,25-40,80H2,1-10H3,(H2,81,104)(H,85,105)(H,86,106)(H,87,107)(H,88,110)(H,89,109)(H,90,108)(H,91,112)(H,92,113)(H,93,111)(H,94,118)(H,95,116)(H,96,119)(H,98,115)(H,99,117)(H,100,114)(H,120,121)(H4,82,83,84)(H2,97,101,122);(H,6,7)/t44-,47-,48-,49-,50-,51-,52-,53-,54-,55-,56-,63-,64-,65-,66-;/m0./s1. The molecule has 0 unspecified atom stereocenters. The number of nitrogens with one attached hydrogen (secondary N) is 17. The number of benzene rings is 1. The van der Waals surface area contributed by atoms with Crippen molar-refractivity contribution in [2.75, 3.05) is 75.6 Å². The predicted molar refractivity (Wildman–Crippen MR) is 483 cm³/mol. The Morgan fingerprint density at radius 3 is 1.44 bits per heavy atom. The Morgan fingerprint density at radius 2 is 0.947 bits per heavy atom. The van der Waals surface area contributed by atoms with E-state index in [9.17, 15) is 115 Å². The molecule has 132 heavy (non-hydrogen) atoms. The van der Waals surface area contributed by atoms with Crippen LogP contribution < -0.4 is 113 Å². The first-order chi connectivity index (χ1) is 62.1. The number of carboxylic acid groups (broad SMARTS) is 2. The van der Waals surface area contributed by atoms with E-state index >= 15 is 0 Å². The van der Waals surface area contributed by atoms with Crippen molar-refractivity contribution < 1.29 is 125 Å². The molecule has 0 aromatic heterocycles. The highest BCUT2D eigenvalue weighted by molar-refractivity contribution is 8.00. The summed E-state index contributed by atoms with van der Waals surface area (Å²) in [4.78, 5) is 256. The number of aliphatic hydroxyl groups is 1. The molecule has 2 fully saturated rings. The fourth-order valence-corrected chi connectivity index (χ4v) is 15.5. The van der Waals surface area contributed by atoms with E-state index in [2.05, 4.69) is 95.4 Å². The van der Waals surface area contributed by atoms with E-state index in [-0.39, 0.29) is 136 Å². The first-order valence-electron chi connectivity index (χ1n) is 43.1. The van der Waals surface area contributed by atoms with Crippen LogP contribution in [0.25, 0.3) is 0 Å². The molecule has 0 saturated carbocycles. The number of aliphatic imine (C=N–C) groups is 1. The summed E-state index contributed by atoms with van der Waals surface area (Å²) in [5, 5.41) is 81.0. The fourth-order valence-electron chi connectivity index (χ4n) is 13.0. The van der Waals surface area contributed by atoms with Crippen LogP contribution in [0.2, 0.25) is 0 Å². The normalized spacial score (nSPS) is 16.5. The first kappa shape index (κ1) is 117. The number of aromatic hydroxyl groups is 1. The Balaban J connectivity index is 0.00000806. The van der Waals surface area contributed by atoms with Crippen molar-refractivity contribution in [1.29, 1.82) is 0 Å². The van der Waals surface area contributed by atoms with Gasteiger partial charge >= 0.3 is 24.1 Å². The van der Waals surface area contributed by atoms with Gasteiger partial charge in [-0.15, -0.1) is 0 Å². The highest BCUT2D eigenvalue weighted by Crippen LogP contribution is 2.33. The van der Waals surface area contributed by atoms with Crippen molar-refractivity contribution in [3.8, 4) is 5.75 Å². The number of thioether (sulfide) groups is 3. The van der Waals surface area contributed by atoms with Gasteiger partial charge in [0, 0.05) is 36.8 Å². The molecule has 15 atom stereocenters. The number of hydrogen-bond donors (Lipinski definition) is 25. The zero-order chi connectivity index (χ0) is 99.7. The Morgan fingerprint density at radius 1 is 0.508 bits per heavy atom. The third-order valence-corrected chi connectivity index (χ3v) is 23.3. The molecule has 3 rings (SSSR count). The monoisotopic (exact) mass is 1930 g/mol. The third kappa shape index (κ3) is 45.7. The molecule has 0 aliphatic carbocycles. The lowest BCUT2D eigenvalue weighted by atomic mass is 9.96. The van der Waals surface area contributed by atoms with Crippen molar-refractivity contribution in [1.82, 2.24) is 90.4 Å². The topological polar surface area (TPSA) is 726 Å². The number of alkyl halides is 3. The molecule has 51 heteroatoms. The number of unbranched alkanes of at least 4 members (excludes halogenated alkanes) is 2. The van der Waals surface area contributed by atoms with Crippen molar-refractivity contribution in [3.05, 3.63) is 29.8 Å². The SMILES string of the molecule is CC[C@H](C)[C@H](NC(=O)[C@H](CCCN=C(N)N)NC(=O)[C@@H](NC(=O)[C@H](CCC(N)=O)NC(=O)[C@H](CCSC)NC(=O)[C@H](CCCCN)NC(=O)[C@H](CCSC)NC(=O)CNC(=O)[C@H](CO)NC(=O)CNC(=O)CNC(=O)CNC(=O)CCCC[C@@H]1SC[C@@H]2NC(=O)N[C@@H]21)C(C)C)C(=O)N[C@@H](Cc1ccc(O)cc1)C(=O)N[C@@H](CC(C)C)C(=O)N[C@H](C(=O)O)C(C)C.O=C(O)C(F)(F)F. The number of nitrogens with zero attached hydrogens (tertiary/aromatic N) is 1. The summed E-state index contributed by atoms with van der Waals surface area (Å²) in [7, 11) is 0. The van der Waals surface area contributed by atoms with E-state index in [0.29, 0.717) is 18.4 Å². The molecule has 0 bridgehead atoms. The molecule has 0 radical (unpaired) electrons. The van der Waals surface area contributed by atoms with Crippen molar-refractivity contribution in [2.45, 2.75) is 248 Å². The van der Waals surface area contributed by atoms with Gasteiger partial charge in [-0.05, 0) is 143 Å². The first-order valence-corrected chi connectivity index (χ1v) is 47.0. The average molecular weight is 1940 g/mol. The number of phenols is 1. The number of halogens is 3. The summed E-state index contributed by atoms with van der Waals surface area (Å²) < 4.78 is 31.7. The smallest absolute Gasteiger partial charge is 0.490 e. The van der Waals surface area contributed by atoms with Crippen LogP contribution in [0.5, 0.6) is 5.75 Å². The lowest BCUT2D eigenvalue weighted by Crippen LogP contribution is -2.62. The molecule has 1 aromatic carbocycles. The van der Waals surface area contributed by atoms with Crippen LogP contribution in [0, 0.1) is 23.7 Å². The molecule has 2 aliphatic rings. The molecule has 2 heterocycles. The molecule has 0 spiro atoms. The number of guanidine groups is 1. The van der Waals surface area contributed by atoms with Crippen molar-refractivity contribution in [2.24, 2.45) is 51.6 Å². The molecule has 18 amide bonds. The Labute approximate surface area is 776 Å². The predicted octanol–water partition coefficient (Wildman–Crippen LogP) is -4.47. The highest BCUT2D eigenvalue weighted by atomic mass is 32.2. The number of fused-ring (bicyclic) bond motifs is 1. The van der Waals surface area contributed by atoms with E-state index in [0.717, 1.165) is 18.6 Å². The summed E-state index contributed by atoms with van der Waals surface area (Å²) in [6.07, 6.45) is 0.151. The maximum absolute atomic E-state index is 14.8. The largest absolute Gasteiger partial charge is 0.508 e. The zero-order valence-electron chi connectivity index (χ0n) is 75.7. The minimum absolute atomic E-state index is 0.0142.